The van der Waals surface area contributed by atoms with E-state index in [1.807, 2.05) is 0 Å². The van der Waals surface area contributed by atoms with Crippen LogP contribution in [0.15, 0.2) is 0 Å². The average Bonchev–Trinajstić information content (AvgIpc) is 2.23. The summed E-state index contributed by atoms with van der Waals surface area (Å²) in [7, 11) is 0. The van der Waals surface area contributed by atoms with Gasteiger partial charge in [-0.15, -0.1) is 0 Å². The number of aromatic nitrogens is 2. The Morgan fingerprint density at radius 3 is 2.59 bits per heavy atom. The average molecular weight is 259 g/mol. The molecule has 6 heteroatoms. The lowest BCUT2D eigenvalue weighted by Gasteiger charge is -2.20. The van der Waals surface area contributed by atoms with Crippen LogP contribution in [0.1, 0.15) is 26.0 Å². The molecule has 17 heavy (non-hydrogen) atoms. The first-order chi connectivity index (χ1) is 7.93. The van der Waals surface area contributed by atoms with E-state index in [1.165, 1.54) is 0 Å². The van der Waals surface area contributed by atoms with Crippen LogP contribution in [0.4, 0.5) is 11.5 Å². The third-order valence-electron chi connectivity index (χ3n) is 2.43. The predicted octanol–water partition coefficient (Wildman–Crippen LogP) is 1.84. The number of rotatable bonds is 5. The van der Waals surface area contributed by atoms with Gasteiger partial charge in [-0.05, 0) is 30.9 Å². The van der Waals surface area contributed by atoms with Gasteiger partial charge in [-0.1, -0.05) is 13.8 Å². The maximum Gasteiger partial charge on any atom is 0.224 e. The first-order valence-electron chi connectivity index (χ1n) is 5.61. The SMILES string of the molecule is Cc1nc(Cl)nc(NC(CO)CC(C)C)c1N. The van der Waals surface area contributed by atoms with Crippen LogP contribution in [0, 0.1) is 12.8 Å². The van der Waals surface area contributed by atoms with Gasteiger partial charge in [-0.3, -0.25) is 0 Å². The molecule has 0 amide bonds. The second kappa shape index (κ2) is 6.02. The van der Waals surface area contributed by atoms with E-state index in [0.29, 0.717) is 23.1 Å². The van der Waals surface area contributed by atoms with E-state index in [4.69, 9.17) is 17.3 Å². The van der Waals surface area contributed by atoms with E-state index in [9.17, 15) is 5.11 Å². The molecule has 0 aliphatic rings. The summed E-state index contributed by atoms with van der Waals surface area (Å²) in [5.74, 6) is 0.960. The Balaban J connectivity index is 2.85. The van der Waals surface area contributed by atoms with E-state index >= 15 is 0 Å². The number of nitrogens with one attached hydrogen (secondary N) is 1. The van der Waals surface area contributed by atoms with Crippen LogP contribution in [0.3, 0.4) is 0 Å². The summed E-state index contributed by atoms with van der Waals surface area (Å²) < 4.78 is 0. The second-order valence-electron chi connectivity index (χ2n) is 4.49. The van der Waals surface area contributed by atoms with Gasteiger partial charge < -0.3 is 16.2 Å². The Bertz CT molecular complexity index is 384. The molecule has 1 aromatic rings. The van der Waals surface area contributed by atoms with Crippen LogP contribution in [-0.2, 0) is 0 Å². The van der Waals surface area contributed by atoms with Crippen molar-refractivity contribution < 1.29 is 5.11 Å². The maximum atomic E-state index is 9.29. The molecule has 1 aromatic heterocycles. The molecule has 0 fully saturated rings. The molecule has 0 saturated heterocycles. The lowest BCUT2D eigenvalue weighted by atomic mass is 10.0. The van der Waals surface area contributed by atoms with E-state index in [-0.39, 0.29) is 17.9 Å². The monoisotopic (exact) mass is 258 g/mol. The third kappa shape index (κ3) is 4.02. The summed E-state index contributed by atoms with van der Waals surface area (Å²) in [6.07, 6.45) is 0.830. The molecule has 1 unspecified atom stereocenters. The fourth-order valence-corrected chi connectivity index (χ4v) is 1.81. The highest BCUT2D eigenvalue weighted by atomic mass is 35.5. The van der Waals surface area contributed by atoms with E-state index in [1.54, 1.807) is 6.92 Å². The molecule has 96 valence electrons. The van der Waals surface area contributed by atoms with Crippen LogP contribution < -0.4 is 11.1 Å². The molecule has 0 aliphatic heterocycles. The van der Waals surface area contributed by atoms with Crippen molar-refractivity contribution in [2.75, 3.05) is 17.7 Å². The summed E-state index contributed by atoms with van der Waals surface area (Å²) in [4.78, 5) is 7.99. The number of aliphatic hydroxyl groups is 1. The van der Waals surface area contributed by atoms with Crippen molar-refractivity contribution in [3.63, 3.8) is 0 Å². The van der Waals surface area contributed by atoms with Crippen molar-refractivity contribution in [3.8, 4) is 0 Å². The lowest BCUT2D eigenvalue weighted by Crippen LogP contribution is -2.27. The molecule has 1 heterocycles. The molecule has 0 aromatic carbocycles. The van der Waals surface area contributed by atoms with Crippen molar-refractivity contribution >= 4 is 23.1 Å². The summed E-state index contributed by atoms with van der Waals surface area (Å²) in [6.45, 7) is 5.97. The van der Waals surface area contributed by atoms with E-state index < -0.39 is 0 Å². The minimum absolute atomic E-state index is 0.0261. The molecule has 0 saturated carbocycles. The summed E-state index contributed by atoms with van der Waals surface area (Å²) in [5.41, 5.74) is 6.96. The number of aliphatic hydroxyl groups excluding tert-OH is 1. The number of aryl methyl sites for hydroxylation is 1. The van der Waals surface area contributed by atoms with Gasteiger partial charge in [-0.25, -0.2) is 4.98 Å². The molecule has 1 rings (SSSR count). The molecule has 4 N–H and O–H groups in total. The predicted molar refractivity (Wildman–Crippen MR) is 70.1 cm³/mol. The van der Waals surface area contributed by atoms with Crippen molar-refractivity contribution in [1.29, 1.82) is 0 Å². The van der Waals surface area contributed by atoms with E-state index in [0.717, 1.165) is 6.42 Å². The molecular formula is C11H19ClN4O. The molecule has 0 radical (unpaired) electrons. The van der Waals surface area contributed by atoms with Crippen LogP contribution in [-0.4, -0.2) is 27.7 Å². The standard InChI is InChI=1S/C11H19ClN4O/c1-6(2)4-8(5-17)15-10-9(13)7(3)14-11(12)16-10/h6,8,17H,4-5,13H2,1-3H3,(H,14,15,16). The fraction of sp³-hybridized carbons (Fsp3) is 0.636. The van der Waals surface area contributed by atoms with Gasteiger partial charge in [0.05, 0.1) is 24.0 Å². The van der Waals surface area contributed by atoms with Gasteiger partial charge in [0.15, 0.2) is 5.82 Å². The number of nitrogen functional groups attached to an aromatic ring is 1. The Kier molecular flexibility index (Phi) is 4.96. The van der Waals surface area contributed by atoms with Gasteiger partial charge in [0.25, 0.3) is 0 Å². The molecule has 0 aliphatic carbocycles. The maximum absolute atomic E-state index is 9.29. The molecule has 5 nitrogen and oxygen atoms in total. The highest BCUT2D eigenvalue weighted by molar-refractivity contribution is 6.28. The smallest absolute Gasteiger partial charge is 0.224 e. The second-order valence-corrected chi connectivity index (χ2v) is 4.83. The largest absolute Gasteiger partial charge is 0.394 e. The topological polar surface area (TPSA) is 84.1 Å². The summed E-state index contributed by atoms with van der Waals surface area (Å²) in [5, 5.41) is 12.5. The zero-order valence-corrected chi connectivity index (χ0v) is 11.1. The van der Waals surface area contributed by atoms with Crippen LogP contribution in [0.2, 0.25) is 5.28 Å². The molecular weight excluding hydrogens is 240 g/mol. The number of hydrogen-bond acceptors (Lipinski definition) is 5. The highest BCUT2D eigenvalue weighted by Crippen LogP contribution is 2.22. The zero-order valence-electron chi connectivity index (χ0n) is 10.4. The third-order valence-corrected chi connectivity index (χ3v) is 2.60. The number of anilines is 2. The Hall–Kier alpha value is -1.07. The normalized spacial score (nSPS) is 12.8. The summed E-state index contributed by atoms with van der Waals surface area (Å²) >= 11 is 5.77. The number of nitrogens with zero attached hydrogens (tertiary/aromatic N) is 2. The van der Waals surface area contributed by atoms with Gasteiger partial charge in [0.1, 0.15) is 0 Å². The number of halogens is 1. The zero-order chi connectivity index (χ0) is 13.0. The summed E-state index contributed by atoms with van der Waals surface area (Å²) in [6, 6.07) is -0.0809. The van der Waals surface area contributed by atoms with Crippen LogP contribution in [0.25, 0.3) is 0 Å². The first kappa shape index (κ1) is 14.0. The van der Waals surface area contributed by atoms with Crippen LogP contribution in [0.5, 0.6) is 0 Å². The highest BCUT2D eigenvalue weighted by Gasteiger charge is 2.14. The Morgan fingerprint density at radius 2 is 2.06 bits per heavy atom. The van der Waals surface area contributed by atoms with E-state index in [2.05, 4.69) is 29.1 Å². The number of nitrogens with two attached hydrogens (primary N) is 1. The lowest BCUT2D eigenvalue weighted by molar-refractivity contribution is 0.259. The van der Waals surface area contributed by atoms with Crippen molar-refractivity contribution in [2.45, 2.75) is 33.2 Å². The van der Waals surface area contributed by atoms with Crippen molar-refractivity contribution in [3.05, 3.63) is 11.0 Å². The molecule has 1 atom stereocenters. The fourth-order valence-electron chi connectivity index (χ4n) is 1.60. The Labute approximate surface area is 106 Å². The quantitative estimate of drug-likeness (QED) is 0.702. The minimum atomic E-state index is -0.0809. The molecule has 0 spiro atoms. The number of hydrogen-bond donors (Lipinski definition) is 3. The first-order valence-corrected chi connectivity index (χ1v) is 5.98. The Morgan fingerprint density at radius 1 is 1.41 bits per heavy atom. The van der Waals surface area contributed by atoms with Crippen molar-refractivity contribution in [2.24, 2.45) is 5.92 Å². The van der Waals surface area contributed by atoms with Gasteiger partial charge in [0.2, 0.25) is 5.28 Å². The van der Waals surface area contributed by atoms with Gasteiger partial charge in [-0.2, -0.15) is 4.98 Å². The van der Waals surface area contributed by atoms with Gasteiger partial charge >= 0.3 is 0 Å². The minimum Gasteiger partial charge on any atom is -0.394 e. The molecule has 0 bridgehead atoms. The van der Waals surface area contributed by atoms with Gasteiger partial charge in [0, 0.05) is 0 Å². The van der Waals surface area contributed by atoms with Crippen molar-refractivity contribution in [1.82, 2.24) is 9.97 Å². The van der Waals surface area contributed by atoms with Crippen LogP contribution >= 0.6 is 11.6 Å².